The van der Waals surface area contributed by atoms with Crippen molar-refractivity contribution in [1.29, 1.82) is 0 Å². The van der Waals surface area contributed by atoms with E-state index >= 15 is 0 Å². The normalized spacial score (nSPS) is 14.2. The summed E-state index contributed by atoms with van der Waals surface area (Å²) in [5.74, 6) is 0.634. The molecule has 0 fully saturated rings. The van der Waals surface area contributed by atoms with E-state index in [2.05, 4.69) is 29.4 Å². The largest absolute Gasteiger partial charge is 0.508 e. The van der Waals surface area contributed by atoms with Gasteiger partial charge in [-0.1, -0.05) is 6.07 Å². The van der Waals surface area contributed by atoms with Gasteiger partial charge in [0.15, 0.2) is 0 Å². The van der Waals surface area contributed by atoms with Crippen LogP contribution < -0.4 is 10.2 Å². The molecule has 1 aromatic heterocycles. The first-order valence-corrected chi connectivity index (χ1v) is 13.7. The van der Waals surface area contributed by atoms with Crippen LogP contribution in [0.5, 0.6) is 11.5 Å². The third kappa shape index (κ3) is 6.10. The zero-order valence-corrected chi connectivity index (χ0v) is 23.6. The van der Waals surface area contributed by atoms with Crippen LogP contribution in [-0.2, 0) is 4.84 Å². The SMILES string of the molecule is CN(C)CCCONC1c2cc(O)ccc2-c2c(-c3ccc(OCCCN(C)C)cc3)nc3ccc(F)cc3c21. The summed E-state index contributed by atoms with van der Waals surface area (Å²) in [5, 5.41) is 11.1. The summed E-state index contributed by atoms with van der Waals surface area (Å²) >= 11 is 0. The molecule has 1 heterocycles. The maximum atomic E-state index is 14.6. The highest BCUT2D eigenvalue weighted by molar-refractivity contribution is 6.00. The molecular weight excluding hydrogens is 507 g/mol. The molecule has 0 saturated heterocycles. The fourth-order valence-corrected chi connectivity index (χ4v) is 5.21. The van der Waals surface area contributed by atoms with Crippen LogP contribution in [0.25, 0.3) is 33.3 Å². The highest BCUT2D eigenvalue weighted by Crippen LogP contribution is 2.51. The van der Waals surface area contributed by atoms with Crippen molar-refractivity contribution >= 4 is 10.9 Å². The van der Waals surface area contributed by atoms with Gasteiger partial charge in [-0.2, -0.15) is 5.48 Å². The van der Waals surface area contributed by atoms with Gasteiger partial charge in [-0.05, 0) is 119 Å². The van der Waals surface area contributed by atoms with Crippen molar-refractivity contribution in [2.75, 3.05) is 54.5 Å². The molecule has 8 heteroatoms. The number of hydrogen-bond donors (Lipinski definition) is 2. The van der Waals surface area contributed by atoms with Gasteiger partial charge in [0.2, 0.25) is 0 Å². The monoisotopic (exact) mass is 544 g/mol. The number of aromatic nitrogens is 1. The van der Waals surface area contributed by atoms with Crippen molar-refractivity contribution in [1.82, 2.24) is 20.3 Å². The molecule has 0 aliphatic heterocycles. The predicted molar refractivity (Wildman–Crippen MR) is 157 cm³/mol. The van der Waals surface area contributed by atoms with Gasteiger partial charge in [0, 0.05) is 23.1 Å². The Balaban J connectivity index is 1.54. The standard InChI is InChI=1S/C32H37FN4O3/c1-36(2)15-5-17-39-24-11-7-21(8-12-24)31-29-25-13-10-23(38)20-26(25)32(35-40-18-6-16-37(3)4)30(29)27-19-22(33)9-14-28(27)34-31/h7-14,19-20,32,35,38H,5-6,15-18H2,1-4H3. The average Bonchev–Trinajstić information content (AvgIpc) is 3.24. The van der Waals surface area contributed by atoms with Crippen LogP contribution in [0.2, 0.25) is 0 Å². The van der Waals surface area contributed by atoms with Crippen LogP contribution in [0, 0.1) is 5.82 Å². The Labute approximate surface area is 235 Å². The maximum Gasteiger partial charge on any atom is 0.123 e. The molecular formula is C32H37FN4O3. The Morgan fingerprint density at radius 3 is 2.35 bits per heavy atom. The second-order valence-corrected chi connectivity index (χ2v) is 10.8. The van der Waals surface area contributed by atoms with Gasteiger partial charge in [0.1, 0.15) is 17.3 Å². The molecule has 5 rings (SSSR count). The number of nitrogens with zero attached hydrogens (tertiary/aromatic N) is 3. The van der Waals surface area contributed by atoms with E-state index in [-0.39, 0.29) is 11.6 Å². The summed E-state index contributed by atoms with van der Waals surface area (Å²) in [6.45, 7) is 3.02. The summed E-state index contributed by atoms with van der Waals surface area (Å²) in [6, 6.07) is 17.5. The van der Waals surface area contributed by atoms with E-state index in [0.717, 1.165) is 65.2 Å². The molecule has 0 amide bonds. The van der Waals surface area contributed by atoms with Crippen LogP contribution >= 0.6 is 0 Å². The Kier molecular flexibility index (Phi) is 8.61. The zero-order chi connectivity index (χ0) is 28.2. The van der Waals surface area contributed by atoms with E-state index in [1.54, 1.807) is 18.2 Å². The lowest BCUT2D eigenvalue weighted by Crippen LogP contribution is -2.23. The number of pyridine rings is 1. The van der Waals surface area contributed by atoms with Crippen molar-refractivity contribution in [2.45, 2.75) is 18.9 Å². The second-order valence-electron chi connectivity index (χ2n) is 10.8. The minimum atomic E-state index is -0.401. The van der Waals surface area contributed by atoms with E-state index in [4.69, 9.17) is 14.6 Å². The lowest BCUT2D eigenvalue weighted by Gasteiger charge is -2.19. The first-order valence-electron chi connectivity index (χ1n) is 13.7. The smallest absolute Gasteiger partial charge is 0.123 e. The Morgan fingerprint density at radius 1 is 0.900 bits per heavy atom. The molecule has 4 aromatic rings. The van der Waals surface area contributed by atoms with Gasteiger partial charge in [-0.15, -0.1) is 0 Å². The lowest BCUT2D eigenvalue weighted by molar-refractivity contribution is 0.0216. The maximum absolute atomic E-state index is 14.6. The molecule has 40 heavy (non-hydrogen) atoms. The summed E-state index contributed by atoms with van der Waals surface area (Å²) in [4.78, 5) is 15.2. The Hall–Kier alpha value is -3.56. The number of aromatic hydroxyl groups is 1. The molecule has 1 aliphatic rings. The molecule has 3 aromatic carbocycles. The highest BCUT2D eigenvalue weighted by Gasteiger charge is 2.34. The van der Waals surface area contributed by atoms with Crippen molar-refractivity contribution < 1.29 is 19.1 Å². The number of benzene rings is 3. The van der Waals surface area contributed by atoms with Crippen LogP contribution in [-0.4, -0.2) is 74.4 Å². The van der Waals surface area contributed by atoms with E-state index < -0.39 is 6.04 Å². The third-order valence-corrected chi connectivity index (χ3v) is 7.09. The number of ether oxygens (including phenoxy) is 1. The van der Waals surface area contributed by atoms with Gasteiger partial charge < -0.3 is 24.5 Å². The molecule has 1 atom stereocenters. The predicted octanol–water partition coefficient (Wildman–Crippen LogP) is 5.62. The number of hydrogen-bond acceptors (Lipinski definition) is 7. The van der Waals surface area contributed by atoms with Crippen LogP contribution in [0.4, 0.5) is 4.39 Å². The summed E-state index contributed by atoms with van der Waals surface area (Å²) in [5.41, 5.74) is 9.22. The molecule has 210 valence electrons. The third-order valence-electron chi connectivity index (χ3n) is 7.09. The van der Waals surface area contributed by atoms with E-state index in [1.165, 1.54) is 12.1 Å². The molecule has 0 saturated carbocycles. The summed E-state index contributed by atoms with van der Waals surface area (Å²) < 4.78 is 20.5. The number of phenols is 1. The first-order chi connectivity index (χ1) is 19.3. The van der Waals surface area contributed by atoms with Crippen molar-refractivity contribution in [3.05, 3.63) is 77.6 Å². The molecule has 0 radical (unpaired) electrons. The molecule has 1 aliphatic carbocycles. The number of halogens is 1. The van der Waals surface area contributed by atoms with Gasteiger partial charge in [-0.25, -0.2) is 9.37 Å². The number of hydroxylamine groups is 1. The van der Waals surface area contributed by atoms with Crippen molar-refractivity contribution in [3.8, 4) is 33.9 Å². The van der Waals surface area contributed by atoms with Crippen molar-refractivity contribution in [2.24, 2.45) is 0 Å². The fourth-order valence-electron chi connectivity index (χ4n) is 5.21. The number of phenolic OH excluding ortho intramolecular Hbond substituents is 1. The van der Waals surface area contributed by atoms with E-state index in [1.807, 2.05) is 44.4 Å². The number of fused-ring (bicyclic) bond motifs is 5. The first kappa shape index (κ1) is 28.0. The average molecular weight is 545 g/mol. The zero-order valence-electron chi connectivity index (χ0n) is 23.6. The fraction of sp³-hybridized carbons (Fsp3) is 0.344. The summed E-state index contributed by atoms with van der Waals surface area (Å²) in [6.07, 6.45) is 1.80. The minimum Gasteiger partial charge on any atom is -0.508 e. The molecule has 1 unspecified atom stereocenters. The van der Waals surface area contributed by atoms with Gasteiger partial charge in [-0.3, -0.25) is 0 Å². The topological polar surface area (TPSA) is 70.1 Å². The van der Waals surface area contributed by atoms with Gasteiger partial charge in [0.25, 0.3) is 0 Å². The molecule has 2 N–H and O–H groups in total. The van der Waals surface area contributed by atoms with Crippen molar-refractivity contribution in [3.63, 3.8) is 0 Å². The lowest BCUT2D eigenvalue weighted by atomic mass is 9.95. The molecule has 7 nitrogen and oxygen atoms in total. The minimum absolute atomic E-state index is 0.159. The highest BCUT2D eigenvalue weighted by atomic mass is 19.1. The molecule has 0 spiro atoms. The van der Waals surface area contributed by atoms with Crippen LogP contribution in [0.15, 0.2) is 60.7 Å². The molecule has 0 bridgehead atoms. The van der Waals surface area contributed by atoms with Crippen LogP contribution in [0.1, 0.15) is 30.0 Å². The number of rotatable bonds is 12. The quantitative estimate of drug-likeness (QED) is 0.177. The Morgan fingerprint density at radius 2 is 1.62 bits per heavy atom. The van der Waals surface area contributed by atoms with E-state index in [0.29, 0.717) is 24.1 Å². The van der Waals surface area contributed by atoms with Crippen LogP contribution in [0.3, 0.4) is 0 Å². The second kappa shape index (κ2) is 12.3. The van der Waals surface area contributed by atoms with Gasteiger partial charge >= 0.3 is 0 Å². The van der Waals surface area contributed by atoms with Gasteiger partial charge in [0.05, 0.1) is 30.5 Å². The Bertz CT molecular complexity index is 1470. The summed E-state index contributed by atoms with van der Waals surface area (Å²) in [7, 11) is 8.15. The number of nitrogens with one attached hydrogen (secondary N) is 1. The van der Waals surface area contributed by atoms with E-state index in [9.17, 15) is 9.50 Å².